The molecule has 0 amide bonds. The lowest BCUT2D eigenvalue weighted by Gasteiger charge is -2.55. The van der Waals surface area contributed by atoms with Crippen LogP contribution in [0.3, 0.4) is 0 Å². The predicted molar refractivity (Wildman–Crippen MR) is 90.7 cm³/mol. The number of rotatable bonds is 2. The van der Waals surface area contributed by atoms with E-state index < -0.39 is 0 Å². The number of hydrogen-bond acceptors (Lipinski definition) is 1. The average molecular weight is 285 g/mol. The van der Waals surface area contributed by atoms with Crippen LogP contribution in [0, 0.1) is 11.3 Å². The van der Waals surface area contributed by atoms with Gasteiger partial charge >= 0.3 is 0 Å². The Morgan fingerprint density at radius 1 is 1.24 bits per heavy atom. The first-order valence-electron chi connectivity index (χ1n) is 8.74. The standard InChI is InChI=1S/C20H31N/c1-14(2)15-6-8-17-16(12-15)7-9-18-19(3,13-21)10-5-11-20(17,18)4/h6,8,12,14,18H,5,7,9-11,13,21H2,1-4H3/t18-,19+,20+/m1/s1. The first-order chi connectivity index (χ1) is 9.90. The maximum Gasteiger partial charge on any atom is -0.00202 e. The minimum Gasteiger partial charge on any atom is -0.330 e. The fourth-order valence-corrected chi connectivity index (χ4v) is 5.25. The second-order valence-corrected chi connectivity index (χ2v) is 8.29. The first-order valence-corrected chi connectivity index (χ1v) is 8.74. The molecule has 0 radical (unpaired) electrons. The molecule has 2 aliphatic carbocycles. The van der Waals surface area contributed by atoms with Crippen LogP contribution < -0.4 is 5.73 Å². The van der Waals surface area contributed by atoms with E-state index in [1.165, 1.54) is 37.7 Å². The quantitative estimate of drug-likeness (QED) is 0.831. The Kier molecular flexibility index (Phi) is 3.68. The van der Waals surface area contributed by atoms with Gasteiger partial charge in [0.05, 0.1) is 0 Å². The summed E-state index contributed by atoms with van der Waals surface area (Å²) in [5.41, 5.74) is 11.6. The minimum atomic E-state index is 0.335. The van der Waals surface area contributed by atoms with Crippen molar-refractivity contribution in [3.8, 4) is 0 Å². The number of benzene rings is 1. The van der Waals surface area contributed by atoms with Crippen molar-refractivity contribution in [2.24, 2.45) is 17.1 Å². The zero-order chi connectivity index (χ0) is 15.3. The topological polar surface area (TPSA) is 26.0 Å². The van der Waals surface area contributed by atoms with Gasteiger partial charge in [-0.3, -0.25) is 0 Å². The zero-order valence-corrected chi connectivity index (χ0v) is 14.2. The summed E-state index contributed by atoms with van der Waals surface area (Å²) in [5.74, 6) is 1.38. The summed E-state index contributed by atoms with van der Waals surface area (Å²) in [5, 5.41) is 0. The van der Waals surface area contributed by atoms with Gasteiger partial charge < -0.3 is 5.73 Å². The van der Waals surface area contributed by atoms with E-state index in [1.54, 1.807) is 11.1 Å². The van der Waals surface area contributed by atoms with E-state index >= 15 is 0 Å². The number of aryl methyl sites for hydroxylation is 1. The molecular weight excluding hydrogens is 254 g/mol. The molecule has 3 atom stereocenters. The Bertz CT molecular complexity index is 533. The summed E-state index contributed by atoms with van der Waals surface area (Å²) in [4.78, 5) is 0. The van der Waals surface area contributed by atoms with Crippen LogP contribution in [0.25, 0.3) is 0 Å². The molecule has 0 spiro atoms. The monoisotopic (exact) mass is 285 g/mol. The van der Waals surface area contributed by atoms with E-state index in [1.807, 2.05) is 0 Å². The van der Waals surface area contributed by atoms with Gasteiger partial charge in [-0.2, -0.15) is 0 Å². The van der Waals surface area contributed by atoms with E-state index in [0.717, 1.165) is 12.5 Å². The van der Waals surface area contributed by atoms with E-state index in [-0.39, 0.29) is 0 Å². The molecule has 1 saturated carbocycles. The van der Waals surface area contributed by atoms with Crippen LogP contribution in [-0.2, 0) is 11.8 Å². The molecule has 1 aromatic carbocycles. The Morgan fingerprint density at radius 2 is 2.00 bits per heavy atom. The molecule has 1 nitrogen and oxygen atoms in total. The smallest absolute Gasteiger partial charge is 0.00202 e. The van der Waals surface area contributed by atoms with Gasteiger partial charge in [0.25, 0.3) is 0 Å². The third-order valence-electron chi connectivity index (χ3n) is 6.63. The lowest BCUT2D eigenvalue weighted by Crippen LogP contribution is -2.51. The van der Waals surface area contributed by atoms with Gasteiger partial charge in [-0.25, -0.2) is 0 Å². The van der Waals surface area contributed by atoms with Crippen LogP contribution in [0.4, 0.5) is 0 Å². The predicted octanol–water partition coefficient (Wildman–Crippen LogP) is 4.78. The molecule has 1 heteroatoms. The highest BCUT2D eigenvalue weighted by Gasteiger charge is 2.50. The molecule has 1 fully saturated rings. The van der Waals surface area contributed by atoms with Crippen molar-refractivity contribution in [3.63, 3.8) is 0 Å². The summed E-state index contributed by atoms with van der Waals surface area (Å²) in [6.45, 7) is 10.4. The van der Waals surface area contributed by atoms with Crippen molar-refractivity contribution in [1.82, 2.24) is 0 Å². The Balaban J connectivity index is 2.05. The molecule has 3 rings (SSSR count). The summed E-state index contributed by atoms with van der Waals surface area (Å²) in [7, 11) is 0. The average Bonchev–Trinajstić information content (AvgIpc) is 2.46. The summed E-state index contributed by atoms with van der Waals surface area (Å²) in [6, 6.07) is 7.29. The van der Waals surface area contributed by atoms with Crippen LogP contribution >= 0.6 is 0 Å². The molecule has 0 saturated heterocycles. The van der Waals surface area contributed by atoms with Gasteiger partial charge in [0.15, 0.2) is 0 Å². The van der Waals surface area contributed by atoms with E-state index in [0.29, 0.717) is 16.7 Å². The van der Waals surface area contributed by atoms with Gasteiger partial charge in [0.2, 0.25) is 0 Å². The molecular formula is C20H31N. The van der Waals surface area contributed by atoms with Gasteiger partial charge in [0, 0.05) is 0 Å². The van der Waals surface area contributed by atoms with Gasteiger partial charge in [0.1, 0.15) is 0 Å². The van der Waals surface area contributed by atoms with Gasteiger partial charge in [-0.1, -0.05) is 52.3 Å². The van der Waals surface area contributed by atoms with Crippen molar-refractivity contribution in [2.45, 2.75) is 71.1 Å². The highest BCUT2D eigenvalue weighted by molar-refractivity contribution is 5.42. The van der Waals surface area contributed by atoms with E-state index in [9.17, 15) is 0 Å². The lowest BCUT2D eigenvalue weighted by atomic mass is 9.50. The first kappa shape index (κ1) is 15.1. The largest absolute Gasteiger partial charge is 0.330 e. The normalized spacial score (nSPS) is 35.4. The maximum absolute atomic E-state index is 6.19. The molecule has 116 valence electrons. The second kappa shape index (κ2) is 5.12. The number of fused-ring (bicyclic) bond motifs is 3. The molecule has 0 aliphatic heterocycles. The van der Waals surface area contributed by atoms with Crippen molar-refractivity contribution in [2.75, 3.05) is 6.54 Å². The van der Waals surface area contributed by atoms with Gasteiger partial charge in [-0.05, 0) is 71.6 Å². The van der Waals surface area contributed by atoms with Crippen LogP contribution in [0.2, 0.25) is 0 Å². The van der Waals surface area contributed by atoms with Crippen LogP contribution in [0.1, 0.15) is 76.0 Å². The fourth-order valence-electron chi connectivity index (χ4n) is 5.25. The van der Waals surface area contributed by atoms with Crippen LogP contribution in [0.5, 0.6) is 0 Å². The van der Waals surface area contributed by atoms with E-state index in [2.05, 4.69) is 45.9 Å². The van der Waals surface area contributed by atoms with Gasteiger partial charge in [-0.15, -0.1) is 0 Å². The van der Waals surface area contributed by atoms with Crippen LogP contribution in [-0.4, -0.2) is 6.54 Å². The minimum absolute atomic E-state index is 0.335. The van der Waals surface area contributed by atoms with Crippen molar-refractivity contribution >= 4 is 0 Å². The fraction of sp³-hybridized carbons (Fsp3) is 0.700. The van der Waals surface area contributed by atoms with E-state index in [4.69, 9.17) is 5.73 Å². The Hall–Kier alpha value is -0.820. The lowest BCUT2D eigenvalue weighted by molar-refractivity contribution is 0.0326. The van der Waals surface area contributed by atoms with Crippen molar-refractivity contribution in [1.29, 1.82) is 0 Å². The molecule has 2 aliphatic rings. The zero-order valence-electron chi connectivity index (χ0n) is 14.2. The third kappa shape index (κ3) is 2.25. The Labute approximate surface area is 130 Å². The summed E-state index contributed by atoms with van der Waals surface area (Å²) in [6.07, 6.45) is 6.53. The molecule has 1 aromatic rings. The third-order valence-corrected chi connectivity index (χ3v) is 6.63. The van der Waals surface area contributed by atoms with Crippen LogP contribution in [0.15, 0.2) is 18.2 Å². The molecule has 0 aromatic heterocycles. The SMILES string of the molecule is CC(C)c1ccc2c(c1)CC[C@@H]1[C@](C)(CN)CCC[C@@]21C. The molecule has 0 heterocycles. The number of nitrogens with two attached hydrogens (primary N) is 1. The molecule has 0 bridgehead atoms. The summed E-state index contributed by atoms with van der Waals surface area (Å²) < 4.78 is 0. The highest BCUT2D eigenvalue weighted by Crippen LogP contribution is 2.56. The highest BCUT2D eigenvalue weighted by atomic mass is 14.7. The van der Waals surface area contributed by atoms with Crippen molar-refractivity contribution < 1.29 is 0 Å². The Morgan fingerprint density at radius 3 is 2.67 bits per heavy atom. The summed E-state index contributed by atoms with van der Waals surface area (Å²) >= 11 is 0. The maximum atomic E-state index is 6.19. The number of hydrogen-bond donors (Lipinski definition) is 1. The second-order valence-electron chi connectivity index (χ2n) is 8.29. The van der Waals surface area contributed by atoms with Crippen molar-refractivity contribution in [3.05, 3.63) is 34.9 Å². The molecule has 2 N–H and O–H groups in total. The molecule has 21 heavy (non-hydrogen) atoms. The molecule has 0 unspecified atom stereocenters.